The number of hydrogen-bond acceptors (Lipinski definition) is 8. The Kier molecular flexibility index (Phi) is 6.66. The van der Waals surface area contributed by atoms with Crippen LogP contribution in [0.15, 0.2) is 27.5 Å². The molecule has 1 amide bonds. The standard InChI is InChI=1S/C23H31N3O7S/c1-17-19-16-18(34(28,29)26-7-4-23(5-8-26)31-14-15-32-23)2-3-20(19)33-21(17)22(27)24-6-9-25-10-12-30-13-11-25/h2-3,16H,4-15H2,1H3,(H,24,27). The fourth-order valence-corrected chi connectivity index (χ4v) is 6.28. The first kappa shape index (κ1) is 23.7. The van der Waals surface area contributed by atoms with E-state index in [1.807, 2.05) is 0 Å². The number of rotatable bonds is 6. The van der Waals surface area contributed by atoms with E-state index in [2.05, 4.69) is 10.2 Å². The predicted molar refractivity (Wildman–Crippen MR) is 123 cm³/mol. The van der Waals surface area contributed by atoms with Crippen LogP contribution in [0.25, 0.3) is 11.0 Å². The van der Waals surface area contributed by atoms with E-state index in [9.17, 15) is 13.2 Å². The molecule has 1 spiro atoms. The minimum Gasteiger partial charge on any atom is -0.451 e. The summed E-state index contributed by atoms with van der Waals surface area (Å²) < 4.78 is 50.6. The summed E-state index contributed by atoms with van der Waals surface area (Å²) in [7, 11) is -3.69. The number of piperidine rings is 1. The van der Waals surface area contributed by atoms with Crippen LogP contribution in [-0.4, -0.2) is 95.0 Å². The summed E-state index contributed by atoms with van der Waals surface area (Å²) in [6, 6.07) is 4.75. The maximum atomic E-state index is 13.3. The number of ether oxygens (including phenoxy) is 3. The highest BCUT2D eigenvalue weighted by Gasteiger charge is 2.42. The summed E-state index contributed by atoms with van der Waals surface area (Å²) in [6.07, 6.45) is 1.02. The van der Waals surface area contributed by atoms with E-state index in [1.165, 1.54) is 10.4 Å². The molecule has 0 unspecified atom stereocenters. The van der Waals surface area contributed by atoms with E-state index in [-0.39, 0.29) is 16.6 Å². The number of furan rings is 1. The van der Waals surface area contributed by atoms with E-state index in [0.717, 1.165) is 19.6 Å². The molecule has 3 fully saturated rings. The molecule has 3 aliphatic rings. The number of aryl methyl sites for hydroxylation is 1. The molecule has 1 N–H and O–H groups in total. The molecule has 3 saturated heterocycles. The number of nitrogens with one attached hydrogen (secondary N) is 1. The molecule has 34 heavy (non-hydrogen) atoms. The number of hydrogen-bond donors (Lipinski definition) is 1. The van der Waals surface area contributed by atoms with Gasteiger partial charge in [-0.05, 0) is 25.1 Å². The van der Waals surface area contributed by atoms with Crippen LogP contribution in [0, 0.1) is 6.92 Å². The summed E-state index contributed by atoms with van der Waals surface area (Å²) in [5, 5.41) is 3.52. The third-order valence-electron chi connectivity index (χ3n) is 6.87. The number of amides is 1. The highest BCUT2D eigenvalue weighted by atomic mass is 32.2. The van der Waals surface area contributed by atoms with Crippen molar-refractivity contribution in [3.63, 3.8) is 0 Å². The highest BCUT2D eigenvalue weighted by molar-refractivity contribution is 7.89. The fourth-order valence-electron chi connectivity index (χ4n) is 4.81. The molecule has 3 aliphatic heterocycles. The van der Waals surface area contributed by atoms with E-state index in [0.29, 0.717) is 75.4 Å². The minimum absolute atomic E-state index is 0.187. The van der Waals surface area contributed by atoms with Gasteiger partial charge < -0.3 is 23.9 Å². The predicted octanol–water partition coefficient (Wildman–Crippen LogP) is 1.33. The number of fused-ring (bicyclic) bond motifs is 1. The molecule has 0 bridgehead atoms. The molecule has 11 heteroatoms. The Balaban J connectivity index is 1.27. The van der Waals surface area contributed by atoms with Gasteiger partial charge in [0, 0.05) is 63.1 Å². The van der Waals surface area contributed by atoms with E-state index in [1.54, 1.807) is 19.1 Å². The third-order valence-corrected chi connectivity index (χ3v) is 8.76. The van der Waals surface area contributed by atoms with Crippen molar-refractivity contribution in [3.8, 4) is 0 Å². The van der Waals surface area contributed by atoms with Crippen LogP contribution in [0.3, 0.4) is 0 Å². The van der Waals surface area contributed by atoms with Gasteiger partial charge in [0.15, 0.2) is 11.5 Å². The van der Waals surface area contributed by atoms with Gasteiger partial charge in [-0.15, -0.1) is 0 Å². The first-order valence-corrected chi connectivity index (χ1v) is 13.2. The second kappa shape index (κ2) is 9.56. The lowest BCUT2D eigenvalue weighted by molar-refractivity contribution is -0.179. The first-order chi connectivity index (χ1) is 16.4. The molecule has 0 atom stereocenters. The largest absolute Gasteiger partial charge is 0.451 e. The molecule has 1 aromatic carbocycles. The van der Waals surface area contributed by atoms with E-state index < -0.39 is 15.8 Å². The molecule has 4 heterocycles. The van der Waals surface area contributed by atoms with Gasteiger partial charge in [-0.1, -0.05) is 0 Å². The van der Waals surface area contributed by atoms with Crippen molar-refractivity contribution in [1.29, 1.82) is 0 Å². The van der Waals surface area contributed by atoms with Crippen molar-refractivity contribution < 1.29 is 31.8 Å². The first-order valence-electron chi connectivity index (χ1n) is 11.8. The number of nitrogens with zero attached hydrogens (tertiary/aromatic N) is 2. The summed E-state index contributed by atoms with van der Waals surface area (Å²) in [5.74, 6) is -0.729. The van der Waals surface area contributed by atoms with Crippen molar-refractivity contribution in [3.05, 3.63) is 29.5 Å². The van der Waals surface area contributed by atoms with E-state index >= 15 is 0 Å². The maximum Gasteiger partial charge on any atom is 0.287 e. The van der Waals surface area contributed by atoms with Gasteiger partial charge in [-0.3, -0.25) is 9.69 Å². The zero-order valence-corrected chi connectivity index (χ0v) is 20.2. The fraction of sp³-hybridized carbons (Fsp3) is 0.609. The lowest BCUT2D eigenvalue weighted by Gasteiger charge is -2.36. The zero-order chi connectivity index (χ0) is 23.8. The average Bonchev–Trinajstić information content (AvgIpc) is 3.44. The Labute approximate surface area is 199 Å². The van der Waals surface area contributed by atoms with Gasteiger partial charge in [0.2, 0.25) is 10.0 Å². The molecule has 186 valence electrons. The van der Waals surface area contributed by atoms with Crippen LogP contribution in [0.2, 0.25) is 0 Å². The maximum absolute atomic E-state index is 13.3. The van der Waals surface area contributed by atoms with Crippen molar-refractivity contribution in [2.75, 3.05) is 65.7 Å². The zero-order valence-electron chi connectivity index (χ0n) is 19.4. The summed E-state index contributed by atoms with van der Waals surface area (Å²) in [4.78, 5) is 15.2. The highest BCUT2D eigenvalue weighted by Crippen LogP contribution is 2.34. The lowest BCUT2D eigenvalue weighted by atomic mass is 10.1. The molecule has 2 aromatic rings. The third kappa shape index (κ3) is 4.60. The number of benzene rings is 1. The molecular formula is C23H31N3O7S. The molecule has 1 aromatic heterocycles. The SMILES string of the molecule is Cc1c(C(=O)NCCN2CCOCC2)oc2ccc(S(=O)(=O)N3CCC4(CC3)OCCO4)cc12. The number of morpholine rings is 1. The van der Waals surface area contributed by atoms with Crippen molar-refractivity contribution in [1.82, 2.24) is 14.5 Å². The van der Waals surface area contributed by atoms with E-state index in [4.69, 9.17) is 18.6 Å². The van der Waals surface area contributed by atoms with Crippen molar-refractivity contribution >= 4 is 26.9 Å². The quantitative estimate of drug-likeness (QED) is 0.642. The summed E-state index contributed by atoms with van der Waals surface area (Å²) in [5.41, 5.74) is 1.11. The average molecular weight is 494 g/mol. The summed E-state index contributed by atoms with van der Waals surface area (Å²) >= 11 is 0. The Hall–Kier alpha value is -2.02. The van der Waals surface area contributed by atoms with Gasteiger partial charge in [-0.25, -0.2) is 8.42 Å². The Bertz CT molecular complexity index is 1140. The van der Waals surface area contributed by atoms with Crippen LogP contribution < -0.4 is 5.32 Å². The Morgan fingerprint density at radius 3 is 2.47 bits per heavy atom. The minimum atomic E-state index is -3.69. The van der Waals surface area contributed by atoms with Crippen molar-refractivity contribution in [2.45, 2.75) is 30.4 Å². The smallest absolute Gasteiger partial charge is 0.287 e. The van der Waals surface area contributed by atoms with Gasteiger partial charge >= 0.3 is 0 Å². The molecule has 0 aliphatic carbocycles. The van der Waals surface area contributed by atoms with Crippen LogP contribution >= 0.6 is 0 Å². The van der Waals surface area contributed by atoms with Crippen LogP contribution in [0.4, 0.5) is 0 Å². The lowest BCUT2D eigenvalue weighted by Crippen LogP contribution is -2.47. The van der Waals surface area contributed by atoms with Crippen LogP contribution in [0.5, 0.6) is 0 Å². The van der Waals surface area contributed by atoms with Gasteiger partial charge in [0.25, 0.3) is 5.91 Å². The molecule has 10 nitrogen and oxygen atoms in total. The van der Waals surface area contributed by atoms with Crippen molar-refractivity contribution in [2.24, 2.45) is 0 Å². The number of carbonyl (C=O) groups excluding carboxylic acids is 1. The monoisotopic (exact) mass is 493 g/mol. The molecular weight excluding hydrogens is 462 g/mol. The number of sulfonamides is 1. The second-order valence-corrected chi connectivity index (χ2v) is 10.9. The van der Waals surface area contributed by atoms with Gasteiger partial charge in [0.1, 0.15) is 5.58 Å². The summed E-state index contributed by atoms with van der Waals surface area (Å²) in [6.45, 7) is 7.91. The Morgan fingerprint density at radius 2 is 1.76 bits per heavy atom. The normalized spacial score (nSPS) is 21.9. The second-order valence-electron chi connectivity index (χ2n) is 8.94. The molecule has 0 saturated carbocycles. The van der Waals surface area contributed by atoms with Crippen LogP contribution in [-0.2, 0) is 24.2 Å². The van der Waals surface area contributed by atoms with Gasteiger partial charge in [0.05, 0.1) is 31.3 Å². The number of carbonyl (C=O) groups is 1. The topological polar surface area (TPSA) is 111 Å². The molecule has 0 radical (unpaired) electrons. The van der Waals surface area contributed by atoms with Crippen LogP contribution in [0.1, 0.15) is 29.0 Å². The van der Waals surface area contributed by atoms with Gasteiger partial charge in [-0.2, -0.15) is 4.31 Å². The molecule has 5 rings (SSSR count). The Morgan fingerprint density at radius 1 is 1.06 bits per heavy atom.